The van der Waals surface area contributed by atoms with Crippen molar-refractivity contribution in [2.24, 2.45) is 5.92 Å². The van der Waals surface area contributed by atoms with E-state index in [4.69, 9.17) is 0 Å². The van der Waals surface area contributed by atoms with E-state index in [9.17, 15) is 13.2 Å². The van der Waals surface area contributed by atoms with Gasteiger partial charge in [-0.1, -0.05) is 19.8 Å². The van der Waals surface area contributed by atoms with Crippen LogP contribution in [0.3, 0.4) is 0 Å². The monoisotopic (exact) mass is 307 g/mol. The Labute approximate surface area is 125 Å². The van der Waals surface area contributed by atoms with E-state index < -0.39 is 12.7 Å². The fourth-order valence-electron chi connectivity index (χ4n) is 3.45. The molecule has 0 aromatic carbocycles. The fraction of sp³-hybridized carbons (Fsp3) is 1.00. The molecule has 2 fully saturated rings. The van der Waals surface area contributed by atoms with Gasteiger partial charge in [-0.2, -0.15) is 13.2 Å². The first-order chi connectivity index (χ1) is 9.94. The zero-order chi connectivity index (χ0) is 15.3. The second kappa shape index (κ2) is 7.79. The molecule has 2 unspecified atom stereocenters. The van der Waals surface area contributed by atoms with Crippen molar-refractivity contribution in [3.63, 3.8) is 0 Å². The van der Waals surface area contributed by atoms with Gasteiger partial charge in [-0.25, -0.2) is 0 Å². The van der Waals surface area contributed by atoms with Gasteiger partial charge in [0.1, 0.15) is 0 Å². The van der Waals surface area contributed by atoms with E-state index in [2.05, 4.69) is 17.1 Å². The molecule has 2 rings (SSSR count). The van der Waals surface area contributed by atoms with Gasteiger partial charge in [-0.3, -0.25) is 9.80 Å². The molecule has 0 radical (unpaired) electrons. The van der Waals surface area contributed by atoms with Gasteiger partial charge in [0.2, 0.25) is 0 Å². The number of alkyl halides is 3. The lowest BCUT2D eigenvalue weighted by atomic mass is 9.86. The molecule has 1 N–H and O–H groups in total. The minimum Gasteiger partial charge on any atom is -0.312 e. The first-order valence-electron chi connectivity index (χ1n) is 8.19. The third-order valence-corrected chi connectivity index (χ3v) is 4.81. The first kappa shape index (κ1) is 17.0. The fourth-order valence-corrected chi connectivity index (χ4v) is 3.45. The van der Waals surface area contributed by atoms with Gasteiger partial charge in [0.25, 0.3) is 0 Å². The summed E-state index contributed by atoms with van der Waals surface area (Å²) in [5, 5.41) is 3.63. The number of rotatable bonds is 5. The number of hydrogen-bond donors (Lipinski definition) is 1. The van der Waals surface area contributed by atoms with Crippen LogP contribution in [0.25, 0.3) is 0 Å². The highest BCUT2D eigenvalue weighted by molar-refractivity contribution is 4.79. The molecule has 2 atom stereocenters. The van der Waals surface area contributed by atoms with Crippen LogP contribution < -0.4 is 5.32 Å². The largest absolute Gasteiger partial charge is 0.401 e. The summed E-state index contributed by atoms with van der Waals surface area (Å²) in [5.41, 5.74) is 0. The summed E-state index contributed by atoms with van der Waals surface area (Å²) in [4.78, 5) is 3.78. The van der Waals surface area contributed by atoms with Crippen LogP contribution in [0, 0.1) is 5.92 Å². The standard InChI is InChI=1S/C15H28F3N3/c1-13-4-2-3-5-14(13)19-6-7-20-8-10-21(11-9-20)12-15(16,17)18/h13-14,19H,2-12H2,1H3. The second-order valence-electron chi connectivity index (χ2n) is 6.56. The van der Waals surface area contributed by atoms with Crippen LogP contribution in [0.4, 0.5) is 13.2 Å². The Balaban J connectivity index is 1.58. The lowest BCUT2D eigenvalue weighted by Crippen LogP contribution is -2.51. The number of nitrogens with zero attached hydrogens (tertiary/aromatic N) is 2. The van der Waals surface area contributed by atoms with Crippen LogP contribution in [0.15, 0.2) is 0 Å². The van der Waals surface area contributed by atoms with Crippen LogP contribution in [0.5, 0.6) is 0 Å². The van der Waals surface area contributed by atoms with Crippen molar-refractivity contribution in [2.75, 3.05) is 45.8 Å². The molecule has 6 heteroatoms. The molecular weight excluding hydrogens is 279 g/mol. The van der Waals surface area contributed by atoms with Crippen LogP contribution in [-0.2, 0) is 0 Å². The van der Waals surface area contributed by atoms with Crippen LogP contribution in [-0.4, -0.2) is 67.8 Å². The Morgan fingerprint density at radius 1 is 1.00 bits per heavy atom. The van der Waals surface area contributed by atoms with Gasteiger partial charge < -0.3 is 5.32 Å². The van der Waals surface area contributed by atoms with Crippen LogP contribution in [0.2, 0.25) is 0 Å². The van der Waals surface area contributed by atoms with E-state index in [0.29, 0.717) is 19.1 Å². The molecule has 1 saturated carbocycles. The van der Waals surface area contributed by atoms with Crippen molar-refractivity contribution in [3.8, 4) is 0 Å². The summed E-state index contributed by atoms with van der Waals surface area (Å²) in [6.07, 6.45) is 1.17. The molecule has 0 spiro atoms. The highest BCUT2D eigenvalue weighted by Crippen LogP contribution is 2.23. The molecule has 0 bridgehead atoms. The molecule has 0 amide bonds. The first-order valence-corrected chi connectivity index (χ1v) is 8.19. The SMILES string of the molecule is CC1CCCCC1NCCN1CCN(CC(F)(F)F)CC1. The predicted molar refractivity (Wildman–Crippen MR) is 78.4 cm³/mol. The smallest absolute Gasteiger partial charge is 0.312 e. The van der Waals surface area contributed by atoms with Gasteiger partial charge >= 0.3 is 6.18 Å². The molecule has 1 saturated heterocycles. The Morgan fingerprint density at radius 2 is 1.62 bits per heavy atom. The number of nitrogens with one attached hydrogen (secondary N) is 1. The highest BCUT2D eigenvalue weighted by atomic mass is 19.4. The van der Waals surface area contributed by atoms with Crippen LogP contribution in [0.1, 0.15) is 32.6 Å². The lowest BCUT2D eigenvalue weighted by Gasteiger charge is -2.36. The average molecular weight is 307 g/mol. The van der Waals surface area contributed by atoms with Gasteiger partial charge in [0, 0.05) is 45.3 Å². The quantitative estimate of drug-likeness (QED) is 0.841. The topological polar surface area (TPSA) is 18.5 Å². The van der Waals surface area contributed by atoms with Crippen molar-refractivity contribution in [1.29, 1.82) is 0 Å². The van der Waals surface area contributed by atoms with Crippen molar-refractivity contribution < 1.29 is 13.2 Å². The Hall–Kier alpha value is -0.330. The summed E-state index contributed by atoms with van der Waals surface area (Å²) >= 11 is 0. The van der Waals surface area contributed by atoms with E-state index in [-0.39, 0.29) is 0 Å². The lowest BCUT2D eigenvalue weighted by molar-refractivity contribution is -0.149. The third-order valence-electron chi connectivity index (χ3n) is 4.81. The van der Waals surface area contributed by atoms with Crippen molar-refractivity contribution in [2.45, 2.75) is 44.8 Å². The minimum atomic E-state index is -4.07. The summed E-state index contributed by atoms with van der Waals surface area (Å²) < 4.78 is 37.0. The van der Waals surface area contributed by atoms with E-state index in [0.717, 1.165) is 32.1 Å². The van der Waals surface area contributed by atoms with Crippen LogP contribution >= 0.6 is 0 Å². The van der Waals surface area contributed by atoms with Gasteiger partial charge in [-0.15, -0.1) is 0 Å². The molecule has 2 aliphatic rings. The van der Waals surface area contributed by atoms with Gasteiger partial charge in [0.15, 0.2) is 0 Å². The number of piperazine rings is 1. The Morgan fingerprint density at radius 3 is 2.24 bits per heavy atom. The van der Waals surface area contributed by atoms with Crippen molar-refractivity contribution >= 4 is 0 Å². The van der Waals surface area contributed by atoms with Crippen molar-refractivity contribution in [3.05, 3.63) is 0 Å². The van der Waals surface area contributed by atoms with E-state index in [1.54, 1.807) is 0 Å². The summed E-state index contributed by atoms with van der Waals surface area (Å²) in [5.74, 6) is 0.752. The maximum Gasteiger partial charge on any atom is 0.401 e. The van der Waals surface area contributed by atoms with Crippen molar-refractivity contribution in [1.82, 2.24) is 15.1 Å². The van der Waals surface area contributed by atoms with E-state index in [1.807, 2.05) is 0 Å². The molecule has 1 aliphatic heterocycles. The van der Waals surface area contributed by atoms with E-state index >= 15 is 0 Å². The zero-order valence-electron chi connectivity index (χ0n) is 13.0. The molecule has 1 aliphatic carbocycles. The highest BCUT2D eigenvalue weighted by Gasteiger charge is 2.32. The number of hydrogen-bond acceptors (Lipinski definition) is 3. The molecule has 21 heavy (non-hydrogen) atoms. The summed E-state index contributed by atoms with van der Waals surface area (Å²) in [6.45, 7) is 6.00. The molecule has 124 valence electrons. The maximum absolute atomic E-state index is 12.3. The zero-order valence-corrected chi connectivity index (χ0v) is 13.0. The predicted octanol–water partition coefficient (Wildman–Crippen LogP) is 2.33. The Bertz CT molecular complexity index is 301. The molecule has 1 heterocycles. The van der Waals surface area contributed by atoms with Gasteiger partial charge in [-0.05, 0) is 18.8 Å². The van der Waals surface area contributed by atoms with Gasteiger partial charge in [0.05, 0.1) is 6.54 Å². The van der Waals surface area contributed by atoms with E-state index in [1.165, 1.54) is 30.6 Å². The summed E-state index contributed by atoms with van der Waals surface area (Å²) in [6, 6.07) is 0.630. The molecule has 3 nitrogen and oxygen atoms in total. The molecule has 0 aromatic rings. The Kier molecular flexibility index (Phi) is 6.32. The average Bonchev–Trinajstić information content (AvgIpc) is 2.41. The third kappa shape index (κ3) is 6.12. The molecular formula is C15H28F3N3. The number of halogens is 3. The second-order valence-corrected chi connectivity index (χ2v) is 6.56. The normalized spacial score (nSPS) is 29.7. The summed E-state index contributed by atoms with van der Waals surface area (Å²) in [7, 11) is 0. The minimum absolute atomic E-state index is 0.527. The maximum atomic E-state index is 12.3. The molecule has 0 aromatic heterocycles.